The highest BCUT2D eigenvalue weighted by Gasteiger charge is 2.71. The Morgan fingerprint density at radius 2 is 1.86 bits per heavy atom. The van der Waals surface area contributed by atoms with Gasteiger partial charge in [-0.25, -0.2) is 9.59 Å². The summed E-state index contributed by atoms with van der Waals surface area (Å²) in [5.74, 6) is -1.56. The summed E-state index contributed by atoms with van der Waals surface area (Å²) in [5, 5.41) is 28.1. The number of aliphatic hydroxyl groups is 1. The quantitative estimate of drug-likeness (QED) is 0.214. The molecule has 1 fully saturated rings. The number of ether oxygens (including phenoxy) is 4. The van der Waals surface area contributed by atoms with E-state index in [0.29, 0.717) is 18.6 Å². The van der Waals surface area contributed by atoms with Crippen molar-refractivity contribution < 1.29 is 48.3 Å². The molecule has 1 saturated carbocycles. The molecule has 262 valence electrons. The third kappa shape index (κ3) is 6.46. The van der Waals surface area contributed by atoms with Crippen LogP contribution in [0.15, 0.2) is 54.3 Å². The molecule has 12 heteroatoms. The maximum atomic E-state index is 13.2. The van der Waals surface area contributed by atoms with Gasteiger partial charge in [0.2, 0.25) is 5.91 Å². The molecule has 6 rings (SSSR count). The molecule has 4 N–H and O–H groups in total. The molecule has 2 bridgehead atoms. The van der Waals surface area contributed by atoms with Crippen molar-refractivity contribution in [3.8, 4) is 11.5 Å². The highest BCUT2D eigenvalue weighted by molar-refractivity contribution is 5.86. The molecule has 6 atom stereocenters. The van der Waals surface area contributed by atoms with Crippen LogP contribution in [-0.4, -0.2) is 70.1 Å². The van der Waals surface area contributed by atoms with Gasteiger partial charge in [-0.1, -0.05) is 42.8 Å². The van der Waals surface area contributed by atoms with Gasteiger partial charge in [0, 0.05) is 18.5 Å². The Morgan fingerprint density at radius 3 is 2.59 bits per heavy atom. The molecule has 4 aliphatic rings. The third-order valence-electron chi connectivity index (χ3n) is 10.0. The molecule has 2 aromatic rings. The Bertz CT molecular complexity index is 1670. The molecule has 3 aliphatic carbocycles. The molecule has 1 aliphatic heterocycles. The number of alkyl carbamates (subject to hydrolysis) is 1. The molecule has 0 aromatic heterocycles. The monoisotopic (exact) mass is 676 g/mol. The summed E-state index contributed by atoms with van der Waals surface area (Å²) in [5.41, 5.74) is -0.0875. The number of hydrogen-bond donors (Lipinski definition) is 4. The minimum absolute atomic E-state index is 0.00548. The SMILES string of the molecule is C[C@H](OC(=O)CCNC(=O)[C@H](Cc1ccccc1)NC(=O)OC(C)(C)C)C(=O)OC1=CC[C@@]2(O)[C@@H]3CCC[C@@]24c2c(ccc(O)c2O[C@@H]14)C3. The fourth-order valence-electron chi connectivity index (χ4n) is 7.95. The van der Waals surface area contributed by atoms with Crippen LogP contribution in [0.2, 0.25) is 0 Å². The van der Waals surface area contributed by atoms with Gasteiger partial charge in [-0.05, 0) is 82.6 Å². The van der Waals surface area contributed by atoms with Gasteiger partial charge in [-0.3, -0.25) is 9.59 Å². The fourth-order valence-corrected chi connectivity index (χ4v) is 7.95. The van der Waals surface area contributed by atoms with E-state index < -0.39 is 58.8 Å². The topological polar surface area (TPSA) is 170 Å². The van der Waals surface area contributed by atoms with Crippen molar-refractivity contribution in [1.29, 1.82) is 0 Å². The van der Waals surface area contributed by atoms with E-state index in [1.54, 1.807) is 32.9 Å². The van der Waals surface area contributed by atoms with Crippen LogP contribution in [-0.2, 0) is 46.9 Å². The van der Waals surface area contributed by atoms with Crippen LogP contribution >= 0.6 is 0 Å². The van der Waals surface area contributed by atoms with Crippen molar-refractivity contribution in [1.82, 2.24) is 10.6 Å². The lowest BCUT2D eigenvalue weighted by molar-refractivity contribution is -0.171. The van der Waals surface area contributed by atoms with Crippen molar-refractivity contribution >= 4 is 23.9 Å². The Hall–Kier alpha value is -4.58. The first-order valence-corrected chi connectivity index (χ1v) is 16.9. The van der Waals surface area contributed by atoms with E-state index >= 15 is 0 Å². The van der Waals surface area contributed by atoms with Crippen molar-refractivity contribution in [3.05, 3.63) is 71.0 Å². The standard InChI is InChI=1S/C37H44N2O10/c1-21(46-28(41)15-18-38-32(42)25(19-22-9-6-5-7-10-22)39-34(44)49-35(2,3)4)33(43)47-27-14-17-37(45)24-11-8-16-36(37)29-23(20-24)12-13-26(40)30(29)48-31(27)36/h5-7,9-10,12-14,21,24-25,31,40,45H,8,11,15-20H2,1-4H3,(H,38,42)(H,39,44)/t21-,24+,25-,31-,36-,37+/m0/s1. The average Bonchev–Trinajstić information content (AvgIpc) is 3.38. The van der Waals surface area contributed by atoms with Crippen LogP contribution in [0.5, 0.6) is 11.5 Å². The molecule has 0 radical (unpaired) electrons. The van der Waals surface area contributed by atoms with Gasteiger partial charge in [0.15, 0.2) is 23.7 Å². The number of aromatic hydroxyl groups is 1. The molecule has 2 aromatic carbocycles. The molecular formula is C37H44N2O10. The highest BCUT2D eigenvalue weighted by Crippen LogP contribution is 2.67. The van der Waals surface area contributed by atoms with Crippen molar-refractivity contribution in [2.45, 2.75) is 108 Å². The number of rotatable bonds is 10. The van der Waals surface area contributed by atoms with E-state index in [0.717, 1.165) is 29.5 Å². The van der Waals surface area contributed by atoms with Gasteiger partial charge in [0.25, 0.3) is 0 Å². The summed E-state index contributed by atoms with van der Waals surface area (Å²) < 4.78 is 22.7. The van der Waals surface area contributed by atoms with Crippen LogP contribution in [0.25, 0.3) is 0 Å². The summed E-state index contributed by atoms with van der Waals surface area (Å²) in [7, 11) is 0. The van der Waals surface area contributed by atoms with Crippen molar-refractivity contribution in [2.24, 2.45) is 5.92 Å². The van der Waals surface area contributed by atoms with E-state index in [9.17, 15) is 29.4 Å². The van der Waals surface area contributed by atoms with Crippen LogP contribution < -0.4 is 15.4 Å². The second-order valence-corrected chi connectivity index (χ2v) is 14.4. The fraction of sp³-hybridized carbons (Fsp3) is 0.514. The summed E-state index contributed by atoms with van der Waals surface area (Å²) in [4.78, 5) is 51.4. The molecular weight excluding hydrogens is 632 g/mol. The maximum Gasteiger partial charge on any atom is 0.408 e. The zero-order chi connectivity index (χ0) is 35.1. The first-order chi connectivity index (χ1) is 23.2. The second-order valence-electron chi connectivity index (χ2n) is 14.4. The number of carbonyl (C=O) groups is 4. The number of phenols is 1. The minimum atomic E-state index is -1.28. The van der Waals surface area contributed by atoms with Gasteiger partial charge >= 0.3 is 18.0 Å². The van der Waals surface area contributed by atoms with Gasteiger partial charge in [-0.2, -0.15) is 0 Å². The Labute approximate surface area is 285 Å². The molecule has 1 spiro atoms. The summed E-state index contributed by atoms with van der Waals surface area (Å²) in [6, 6.07) is 11.7. The molecule has 1 heterocycles. The van der Waals surface area contributed by atoms with E-state index in [4.69, 9.17) is 18.9 Å². The summed E-state index contributed by atoms with van der Waals surface area (Å²) >= 11 is 0. The van der Waals surface area contributed by atoms with Gasteiger partial charge < -0.3 is 39.8 Å². The highest BCUT2D eigenvalue weighted by atomic mass is 16.6. The smallest absolute Gasteiger partial charge is 0.408 e. The molecule has 2 amide bonds. The van der Waals surface area contributed by atoms with E-state index in [1.165, 1.54) is 6.92 Å². The van der Waals surface area contributed by atoms with Crippen LogP contribution in [0.1, 0.15) is 76.5 Å². The molecule has 0 saturated heterocycles. The number of nitrogens with one attached hydrogen (secondary N) is 2. The largest absolute Gasteiger partial charge is 0.504 e. The molecule has 12 nitrogen and oxygen atoms in total. The number of benzene rings is 2. The number of amides is 2. The lowest BCUT2D eigenvalue weighted by Gasteiger charge is -2.59. The lowest BCUT2D eigenvalue weighted by Crippen LogP contribution is -2.67. The van der Waals surface area contributed by atoms with Crippen molar-refractivity contribution in [3.63, 3.8) is 0 Å². The number of hydrogen-bond acceptors (Lipinski definition) is 10. The van der Waals surface area contributed by atoms with Crippen LogP contribution in [0, 0.1) is 5.92 Å². The Morgan fingerprint density at radius 1 is 1.10 bits per heavy atom. The second kappa shape index (κ2) is 13.0. The van der Waals surface area contributed by atoms with Crippen LogP contribution in [0.4, 0.5) is 4.79 Å². The van der Waals surface area contributed by atoms with Gasteiger partial charge in [0.05, 0.1) is 17.4 Å². The normalized spacial score (nSPS) is 25.8. The molecule has 49 heavy (non-hydrogen) atoms. The number of phenolic OH excluding ortho intramolecular Hbond substituents is 1. The predicted molar refractivity (Wildman–Crippen MR) is 175 cm³/mol. The van der Waals surface area contributed by atoms with Gasteiger partial charge in [0.1, 0.15) is 17.4 Å². The third-order valence-corrected chi connectivity index (χ3v) is 10.0. The molecule has 0 unspecified atom stereocenters. The van der Waals surface area contributed by atoms with E-state index in [-0.39, 0.29) is 43.2 Å². The minimum Gasteiger partial charge on any atom is -0.504 e. The summed E-state index contributed by atoms with van der Waals surface area (Å²) in [6.45, 7) is 6.44. The Kier molecular flexibility index (Phi) is 9.12. The number of carbonyl (C=O) groups excluding carboxylic acids is 4. The number of esters is 2. The predicted octanol–water partition coefficient (Wildman–Crippen LogP) is 3.88. The first kappa shape index (κ1) is 34.3. The first-order valence-electron chi connectivity index (χ1n) is 16.9. The average molecular weight is 677 g/mol. The lowest BCUT2D eigenvalue weighted by atomic mass is 9.47. The summed E-state index contributed by atoms with van der Waals surface area (Å²) in [6.07, 6.45) is 2.07. The van der Waals surface area contributed by atoms with E-state index in [2.05, 4.69) is 10.6 Å². The van der Waals surface area contributed by atoms with Gasteiger partial charge in [-0.15, -0.1) is 0 Å². The van der Waals surface area contributed by atoms with Crippen LogP contribution in [0.3, 0.4) is 0 Å². The zero-order valence-corrected chi connectivity index (χ0v) is 28.2. The Balaban J connectivity index is 1.05. The van der Waals surface area contributed by atoms with Crippen molar-refractivity contribution in [2.75, 3.05) is 6.54 Å². The maximum absolute atomic E-state index is 13.2. The van der Waals surface area contributed by atoms with E-state index in [1.807, 2.05) is 36.4 Å². The zero-order valence-electron chi connectivity index (χ0n) is 28.2.